The minimum atomic E-state index is -0.510. The summed E-state index contributed by atoms with van der Waals surface area (Å²) >= 11 is 0. The number of aliphatic hydroxyl groups is 1. The summed E-state index contributed by atoms with van der Waals surface area (Å²) in [6.07, 6.45) is 2.41. The first-order chi connectivity index (χ1) is 11.5. The topological polar surface area (TPSA) is 55.8 Å². The van der Waals surface area contributed by atoms with Crippen LogP contribution in [0.5, 0.6) is 0 Å². The summed E-state index contributed by atoms with van der Waals surface area (Å²) in [6, 6.07) is 9.99. The summed E-state index contributed by atoms with van der Waals surface area (Å²) in [5, 5.41) is 10.6. The van der Waals surface area contributed by atoms with Crippen molar-refractivity contribution in [1.29, 1.82) is 0 Å². The van der Waals surface area contributed by atoms with Crippen LogP contribution in [0.2, 0.25) is 0 Å². The number of rotatable bonds is 10. The molecule has 0 bridgehead atoms. The number of aliphatic hydroxyl groups excluding tert-OH is 1. The highest BCUT2D eigenvalue weighted by Gasteiger charge is 2.23. The predicted molar refractivity (Wildman–Crippen MR) is 95.4 cm³/mol. The molecule has 4 heteroatoms. The van der Waals surface area contributed by atoms with Gasteiger partial charge in [-0.2, -0.15) is 0 Å². The Morgan fingerprint density at radius 1 is 1.25 bits per heavy atom. The molecule has 0 amide bonds. The second kappa shape index (κ2) is 11.0. The van der Waals surface area contributed by atoms with Gasteiger partial charge in [0.25, 0.3) is 0 Å². The average Bonchev–Trinajstić information content (AvgIpc) is 2.61. The van der Waals surface area contributed by atoms with Crippen LogP contribution in [0.15, 0.2) is 42.0 Å². The first-order valence-electron chi connectivity index (χ1n) is 8.55. The van der Waals surface area contributed by atoms with Crippen molar-refractivity contribution in [2.45, 2.75) is 46.3 Å². The number of hydrogen-bond donors (Lipinski definition) is 1. The molecule has 0 radical (unpaired) electrons. The second-order valence-corrected chi connectivity index (χ2v) is 6.17. The van der Waals surface area contributed by atoms with E-state index in [0.29, 0.717) is 13.2 Å². The summed E-state index contributed by atoms with van der Waals surface area (Å²) < 4.78 is 10.4. The Labute approximate surface area is 145 Å². The minimum Gasteiger partial charge on any atom is -0.469 e. The molecule has 3 atom stereocenters. The van der Waals surface area contributed by atoms with Crippen LogP contribution in [0.1, 0.15) is 39.2 Å². The molecular formula is C20H30O4. The normalized spacial score (nSPS) is 15.6. The Morgan fingerprint density at radius 2 is 1.92 bits per heavy atom. The van der Waals surface area contributed by atoms with Crippen LogP contribution >= 0.6 is 0 Å². The van der Waals surface area contributed by atoms with Gasteiger partial charge < -0.3 is 14.6 Å². The zero-order valence-electron chi connectivity index (χ0n) is 15.2. The van der Waals surface area contributed by atoms with Crippen LogP contribution in [0, 0.1) is 11.8 Å². The highest BCUT2D eigenvalue weighted by Crippen LogP contribution is 2.24. The molecule has 24 heavy (non-hydrogen) atoms. The van der Waals surface area contributed by atoms with Crippen molar-refractivity contribution in [3.63, 3.8) is 0 Å². The second-order valence-electron chi connectivity index (χ2n) is 6.17. The molecule has 0 aliphatic carbocycles. The molecule has 1 N–H and O–H groups in total. The monoisotopic (exact) mass is 334 g/mol. The first-order valence-corrected chi connectivity index (χ1v) is 8.55. The third-order valence-electron chi connectivity index (χ3n) is 4.34. The number of ether oxygens (including phenoxy) is 2. The van der Waals surface area contributed by atoms with E-state index in [0.717, 1.165) is 17.6 Å². The number of methoxy groups -OCH3 is 1. The van der Waals surface area contributed by atoms with E-state index in [2.05, 4.69) is 4.74 Å². The molecule has 0 aliphatic heterocycles. The van der Waals surface area contributed by atoms with Crippen molar-refractivity contribution in [2.24, 2.45) is 11.8 Å². The smallest absolute Gasteiger partial charge is 0.309 e. The van der Waals surface area contributed by atoms with E-state index in [9.17, 15) is 9.90 Å². The number of esters is 1. The van der Waals surface area contributed by atoms with E-state index >= 15 is 0 Å². The quantitative estimate of drug-likeness (QED) is 0.523. The Bertz CT molecular complexity index is 510. The standard InChI is InChI=1S/C20H30O4/c1-5-18(11-12-19(21)23-4)16(3)20(22)15(2)13-24-14-17-9-7-6-8-10-17/h6-11,15-16,20,22H,5,12-14H2,1-4H3/b18-11+/t15-,16+,20+/m0/s1. The molecule has 0 saturated carbocycles. The number of benzene rings is 1. The van der Waals surface area contributed by atoms with E-state index in [1.807, 2.05) is 57.2 Å². The van der Waals surface area contributed by atoms with E-state index in [1.165, 1.54) is 7.11 Å². The largest absolute Gasteiger partial charge is 0.469 e. The number of hydrogen-bond acceptors (Lipinski definition) is 4. The molecule has 0 aliphatic rings. The summed E-state index contributed by atoms with van der Waals surface area (Å²) in [5.74, 6) is -0.270. The first kappa shape index (κ1) is 20.4. The van der Waals surface area contributed by atoms with Gasteiger partial charge in [0.05, 0.1) is 32.8 Å². The Kier molecular flexibility index (Phi) is 9.35. The minimum absolute atomic E-state index is 0.0109. The van der Waals surface area contributed by atoms with Gasteiger partial charge in [-0.1, -0.05) is 62.8 Å². The molecule has 1 aromatic rings. The Hall–Kier alpha value is -1.65. The fourth-order valence-electron chi connectivity index (χ4n) is 2.70. The predicted octanol–water partition coefficient (Wildman–Crippen LogP) is 3.74. The van der Waals surface area contributed by atoms with Gasteiger partial charge in [0.2, 0.25) is 0 Å². The summed E-state index contributed by atoms with van der Waals surface area (Å²) in [6.45, 7) is 7.05. The highest BCUT2D eigenvalue weighted by atomic mass is 16.5. The zero-order valence-corrected chi connectivity index (χ0v) is 15.2. The third kappa shape index (κ3) is 6.85. The van der Waals surface area contributed by atoms with Gasteiger partial charge in [0, 0.05) is 11.8 Å². The van der Waals surface area contributed by atoms with Gasteiger partial charge in [0.15, 0.2) is 0 Å². The number of carbonyl (C=O) groups is 1. The van der Waals surface area contributed by atoms with Gasteiger partial charge in [0.1, 0.15) is 0 Å². The molecule has 1 rings (SSSR count). The van der Waals surface area contributed by atoms with Gasteiger partial charge in [-0.05, 0) is 12.0 Å². The lowest BCUT2D eigenvalue weighted by molar-refractivity contribution is -0.139. The third-order valence-corrected chi connectivity index (χ3v) is 4.34. The maximum atomic E-state index is 11.3. The van der Waals surface area contributed by atoms with E-state index in [-0.39, 0.29) is 24.2 Å². The average molecular weight is 334 g/mol. The molecular weight excluding hydrogens is 304 g/mol. The van der Waals surface area contributed by atoms with Gasteiger partial charge in [-0.15, -0.1) is 0 Å². The molecule has 0 heterocycles. The fourth-order valence-corrected chi connectivity index (χ4v) is 2.70. The zero-order chi connectivity index (χ0) is 17.9. The van der Waals surface area contributed by atoms with Crippen molar-refractivity contribution in [2.75, 3.05) is 13.7 Å². The van der Waals surface area contributed by atoms with E-state index < -0.39 is 6.10 Å². The van der Waals surface area contributed by atoms with Crippen molar-refractivity contribution >= 4 is 5.97 Å². The van der Waals surface area contributed by atoms with Crippen molar-refractivity contribution in [1.82, 2.24) is 0 Å². The SMILES string of the molecule is CC/C(=C\CC(=O)OC)[C@@H](C)[C@H](O)[C@@H](C)COCc1ccccc1. The molecule has 0 spiro atoms. The van der Waals surface area contributed by atoms with Crippen LogP contribution in [0.3, 0.4) is 0 Å². The van der Waals surface area contributed by atoms with Crippen LogP contribution in [0.4, 0.5) is 0 Å². The van der Waals surface area contributed by atoms with E-state index in [1.54, 1.807) is 0 Å². The molecule has 0 aromatic heterocycles. The molecule has 0 unspecified atom stereocenters. The number of carbonyl (C=O) groups excluding carboxylic acids is 1. The van der Waals surface area contributed by atoms with Crippen LogP contribution < -0.4 is 0 Å². The maximum Gasteiger partial charge on any atom is 0.309 e. The summed E-state index contributed by atoms with van der Waals surface area (Å²) in [7, 11) is 1.38. The lowest BCUT2D eigenvalue weighted by Crippen LogP contribution is -2.30. The molecule has 134 valence electrons. The Morgan fingerprint density at radius 3 is 2.50 bits per heavy atom. The van der Waals surface area contributed by atoms with Gasteiger partial charge in [-0.3, -0.25) is 4.79 Å². The van der Waals surface area contributed by atoms with Crippen molar-refractivity contribution in [3.8, 4) is 0 Å². The fraction of sp³-hybridized carbons (Fsp3) is 0.550. The van der Waals surface area contributed by atoms with Crippen LogP contribution in [-0.2, 0) is 20.9 Å². The van der Waals surface area contributed by atoms with Gasteiger partial charge in [-0.25, -0.2) is 0 Å². The lowest BCUT2D eigenvalue weighted by atomic mass is 9.86. The van der Waals surface area contributed by atoms with Crippen LogP contribution in [0.25, 0.3) is 0 Å². The molecule has 0 saturated heterocycles. The lowest BCUT2D eigenvalue weighted by Gasteiger charge is -2.26. The van der Waals surface area contributed by atoms with Crippen molar-refractivity contribution in [3.05, 3.63) is 47.5 Å². The van der Waals surface area contributed by atoms with Gasteiger partial charge >= 0.3 is 5.97 Å². The van der Waals surface area contributed by atoms with Crippen LogP contribution in [-0.4, -0.2) is 30.9 Å². The molecule has 1 aromatic carbocycles. The summed E-state index contributed by atoms with van der Waals surface area (Å²) in [4.78, 5) is 11.3. The molecule has 0 fully saturated rings. The summed E-state index contributed by atoms with van der Waals surface area (Å²) in [5.41, 5.74) is 2.20. The molecule has 4 nitrogen and oxygen atoms in total. The highest BCUT2D eigenvalue weighted by molar-refractivity contribution is 5.71. The Balaban J connectivity index is 2.49. The van der Waals surface area contributed by atoms with Crippen molar-refractivity contribution < 1.29 is 19.4 Å². The van der Waals surface area contributed by atoms with E-state index in [4.69, 9.17) is 4.74 Å². The maximum absolute atomic E-state index is 11.3.